The third-order valence-corrected chi connectivity index (χ3v) is 7.64. The van der Waals surface area contributed by atoms with Crippen LogP contribution >= 0.6 is 0 Å². The first-order valence-corrected chi connectivity index (χ1v) is 12.1. The number of nitrogens with one attached hydrogen (secondary N) is 1. The van der Waals surface area contributed by atoms with E-state index in [1.165, 1.54) is 6.92 Å². The molecular formula is C21H17F5N4O4S. The van der Waals surface area contributed by atoms with E-state index in [9.17, 15) is 26.4 Å². The van der Waals surface area contributed by atoms with E-state index in [0.717, 1.165) is 40.1 Å². The van der Waals surface area contributed by atoms with Crippen LogP contribution in [0.25, 0.3) is 22.1 Å². The van der Waals surface area contributed by atoms with Crippen molar-refractivity contribution in [3.63, 3.8) is 0 Å². The molecule has 186 valence electrons. The Labute approximate surface area is 195 Å². The number of sulfonamides is 1. The molecule has 8 nitrogen and oxygen atoms in total. The smallest absolute Gasteiger partial charge is 0.326 e. The molecule has 2 amide bonds. The highest BCUT2D eigenvalue weighted by Crippen LogP contribution is 2.44. The highest BCUT2D eigenvalue weighted by atomic mass is 32.2. The van der Waals surface area contributed by atoms with Gasteiger partial charge in [0, 0.05) is 12.1 Å². The van der Waals surface area contributed by atoms with Crippen molar-refractivity contribution in [1.29, 1.82) is 0 Å². The average Bonchev–Trinajstić information content (AvgIpc) is 3.42. The van der Waals surface area contributed by atoms with Gasteiger partial charge >= 0.3 is 6.03 Å². The first kappa shape index (κ1) is 23.5. The van der Waals surface area contributed by atoms with Gasteiger partial charge in [-0.1, -0.05) is 11.2 Å². The maximum absolute atomic E-state index is 15.1. The molecule has 0 radical (unpaired) electrons. The third-order valence-electron chi connectivity index (χ3n) is 6.24. The number of anilines is 1. The van der Waals surface area contributed by atoms with Crippen LogP contribution in [0.2, 0.25) is 0 Å². The Bertz CT molecular complexity index is 1440. The van der Waals surface area contributed by atoms with E-state index in [0.29, 0.717) is 0 Å². The van der Waals surface area contributed by atoms with Crippen molar-refractivity contribution in [3.05, 3.63) is 47.8 Å². The van der Waals surface area contributed by atoms with Crippen molar-refractivity contribution < 1.29 is 39.7 Å². The van der Waals surface area contributed by atoms with Gasteiger partial charge < -0.3 is 9.42 Å². The quantitative estimate of drug-likeness (QED) is 0.524. The van der Waals surface area contributed by atoms with Gasteiger partial charge in [0.05, 0.1) is 23.2 Å². The number of urea groups is 1. The van der Waals surface area contributed by atoms with Crippen LogP contribution in [0.1, 0.15) is 6.92 Å². The van der Waals surface area contributed by atoms with Crippen LogP contribution in [-0.2, 0) is 10.0 Å². The van der Waals surface area contributed by atoms with Gasteiger partial charge in [-0.15, -0.1) is 0 Å². The van der Waals surface area contributed by atoms with Crippen molar-refractivity contribution in [2.45, 2.75) is 24.9 Å². The Morgan fingerprint density at radius 3 is 2.37 bits per heavy atom. The first-order chi connectivity index (χ1) is 16.5. The van der Waals surface area contributed by atoms with Crippen molar-refractivity contribution in [1.82, 2.24) is 14.8 Å². The highest BCUT2D eigenvalue weighted by molar-refractivity contribution is 7.89. The molecule has 2 aliphatic heterocycles. The molecule has 5 rings (SSSR count). The molecule has 0 bridgehead atoms. The van der Waals surface area contributed by atoms with E-state index in [2.05, 4.69) is 5.16 Å². The van der Waals surface area contributed by atoms with Crippen LogP contribution in [0.4, 0.5) is 32.6 Å². The van der Waals surface area contributed by atoms with E-state index in [-0.39, 0.29) is 11.0 Å². The van der Waals surface area contributed by atoms with E-state index < -0.39 is 87.3 Å². The maximum Gasteiger partial charge on any atom is 0.326 e. The molecule has 1 N–H and O–H groups in total. The topological polar surface area (TPSA) is 95.8 Å². The molecule has 3 aromatic rings. The molecule has 2 fully saturated rings. The molecule has 0 aliphatic carbocycles. The van der Waals surface area contributed by atoms with E-state index in [4.69, 9.17) is 4.52 Å². The number of hydrogen-bond donors (Lipinski definition) is 1. The lowest BCUT2D eigenvalue weighted by Crippen LogP contribution is -2.51. The molecule has 0 saturated carbocycles. The van der Waals surface area contributed by atoms with Crippen LogP contribution in [0.5, 0.6) is 0 Å². The van der Waals surface area contributed by atoms with Gasteiger partial charge in [0.25, 0.3) is 5.92 Å². The van der Waals surface area contributed by atoms with Gasteiger partial charge in [-0.3, -0.25) is 4.90 Å². The normalized spacial score (nSPS) is 21.8. The second kappa shape index (κ2) is 7.88. The summed E-state index contributed by atoms with van der Waals surface area (Å²) < 4.78 is 105. The number of carbonyl (C=O) groups is 1. The minimum absolute atomic E-state index is 0.126. The van der Waals surface area contributed by atoms with Crippen molar-refractivity contribution in [3.8, 4) is 11.1 Å². The number of rotatable bonds is 5. The number of benzene rings is 2. The zero-order valence-corrected chi connectivity index (χ0v) is 18.8. The standard InChI is InChI=1S/C21H17F5N4O4S/c1-2-35(32,33)28-14-8-29-15(21(14,25)26)9-30(20(29)31)19-18-13(34-27-19)7-6-12(24)17(18)16-10(22)4-3-5-11(16)23/h3-7,14-15,28H,2,8-9H2,1H3/t14-,15-/m1/s1. The molecule has 1 aromatic heterocycles. The molecule has 2 atom stereocenters. The minimum atomic E-state index is -3.98. The fourth-order valence-electron chi connectivity index (χ4n) is 4.48. The Kier molecular flexibility index (Phi) is 5.29. The lowest BCUT2D eigenvalue weighted by Gasteiger charge is -2.23. The van der Waals surface area contributed by atoms with Crippen LogP contribution in [-0.4, -0.2) is 61.4 Å². The Balaban J connectivity index is 1.58. The molecule has 3 heterocycles. The first-order valence-electron chi connectivity index (χ1n) is 10.4. The van der Waals surface area contributed by atoms with E-state index >= 15 is 8.78 Å². The summed E-state index contributed by atoms with van der Waals surface area (Å²) in [6, 6.07) is 0.428. The number of amides is 2. The number of fused-ring (bicyclic) bond motifs is 2. The maximum atomic E-state index is 15.1. The van der Waals surface area contributed by atoms with Crippen molar-refractivity contribution in [2.75, 3.05) is 23.7 Å². The predicted molar refractivity (Wildman–Crippen MR) is 114 cm³/mol. The number of hydrogen-bond acceptors (Lipinski definition) is 5. The summed E-state index contributed by atoms with van der Waals surface area (Å²) in [6.45, 7) is 0.0208. The van der Waals surface area contributed by atoms with Gasteiger partial charge in [0.2, 0.25) is 10.0 Å². The lowest BCUT2D eigenvalue weighted by atomic mass is 9.99. The summed E-state index contributed by atoms with van der Waals surface area (Å²) in [4.78, 5) is 14.7. The average molecular weight is 516 g/mol. The molecule has 2 aromatic carbocycles. The largest absolute Gasteiger partial charge is 0.354 e. The highest BCUT2D eigenvalue weighted by Gasteiger charge is 2.63. The van der Waals surface area contributed by atoms with Crippen LogP contribution in [0.15, 0.2) is 34.9 Å². The van der Waals surface area contributed by atoms with Crippen molar-refractivity contribution in [2.24, 2.45) is 0 Å². The van der Waals surface area contributed by atoms with Crippen LogP contribution in [0, 0.1) is 17.5 Å². The van der Waals surface area contributed by atoms with Gasteiger partial charge in [-0.2, -0.15) is 0 Å². The predicted octanol–water partition coefficient (Wildman–Crippen LogP) is 3.48. The van der Waals surface area contributed by atoms with Crippen LogP contribution in [0.3, 0.4) is 0 Å². The molecule has 14 heteroatoms. The van der Waals surface area contributed by atoms with E-state index in [1.807, 2.05) is 4.72 Å². The number of carbonyl (C=O) groups excluding carboxylic acids is 1. The summed E-state index contributed by atoms with van der Waals surface area (Å²) in [5.74, 6) is -7.67. The summed E-state index contributed by atoms with van der Waals surface area (Å²) >= 11 is 0. The van der Waals surface area contributed by atoms with Crippen molar-refractivity contribution >= 4 is 32.8 Å². The molecule has 2 aliphatic rings. The zero-order chi connectivity index (χ0) is 25.3. The number of halogens is 5. The van der Waals surface area contributed by atoms with Gasteiger partial charge in [0.15, 0.2) is 11.4 Å². The second-order valence-electron chi connectivity index (χ2n) is 8.21. The summed E-state index contributed by atoms with van der Waals surface area (Å²) in [5, 5.41) is 3.45. The monoisotopic (exact) mass is 516 g/mol. The summed E-state index contributed by atoms with van der Waals surface area (Å²) in [7, 11) is -3.98. The van der Waals surface area contributed by atoms with E-state index in [1.54, 1.807) is 0 Å². The molecule has 0 spiro atoms. The minimum Gasteiger partial charge on any atom is -0.354 e. The van der Waals surface area contributed by atoms with Gasteiger partial charge in [0.1, 0.15) is 29.5 Å². The fourth-order valence-corrected chi connectivity index (χ4v) is 5.31. The lowest BCUT2D eigenvalue weighted by molar-refractivity contribution is -0.0324. The molecule has 2 saturated heterocycles. The number of alkyl halides is 2. The third kappa shape index (κ3) is 3.54. The SMILES string of the molecule is CCS(=O)(=O)N[C@@H]1CN2C(=O)N(c3noc4ccc(F)c(-c5c(F)cccc5F)c34)C[C@@H]2C1(F)F. The van der Waals surface area contributed by atoms with Crippen LogP contribution < -0.4 is 9.62 Å². The molecule has 35 heavy (non-hydrogen) atoms. The molecule has 0 unspecified atom stereocenters. The van der Waals surface area contributed by atoms with Gasteiger partial charge in [-0.05, 0) is 31.2 Å². The number of nitrogens with zero attached hydrogens (tertiary/aromatic N) is 3. The zero-order valence-electron chi connectivity index (χ0n) is 17.9. The Morgan fingerprint density at radius 1 is 1.09 bits per heavy atom. The summed E-state index contributed by atoms with van der Waals surface area (Å²) in [5.41, 5.74) is -1.43. The summed E-state index contributed by atoms with van der Waals surface area (Å²) in [6.07, 6.45) is 0. The second-order valence-corrected chi connectivity index (χ2v) is 10.3. The van der Waals surface area contributed by atoms with Gasteiger partial charge in [-0.25, -0.2) is 39.9 Å². The Morgan fingerprint density at radius 2 is 1.74 bits per heavy atom. The molecular weight excluding hydrogens is 499 g/mol. The Hall–Kier alpha value is -3.26. The fraction of sp³-hybridized carbons (Fsp3) is 0.333. The number of aromatic nitrogens is 1.